The van der Waals surface area contributed by atoms with Crippen LogP contribution in [0.3, 0.4) is 0 Å². The van der Waals surface area contributed by atoms with Crippen molar-refractivity contribution < 1.29 is 0 Å². The maximum Gasteiger partial charge on any atom is 0.175 e. The van der Waals surface area contributed by atoms with E-state index in [1.54, 1.807) is 7.05 Å². The molecule has 1 fully saturated rings. The van der Waals surface area contributed by atoms with Crippen LogP contribution >= 0.6 is 11.6 Å². The summed E-state index contributed by atoms with van der Waals surface area (Å²) in [4.78, 5) is 1.49. The molecule has 2 aromatic rings. The predicted octanol–water partition coefficient (Wildman–Crippen LogP) is 1.94. The number of tetrazole rings is 1. The molecule has 1 N–H and O–H groups in total. The summed E-state index contributed by atoms with van der Waals surface area (Å²) in [6.45, 7) is 0.895. The second kappa shape index (κ2) is 5.89. The second-order valence-corrected chi connectivity index (χ2v) is 5.71. The summed E-state index contributed by atoms with van der Waals surface area (Å²) in [5, 5.41) is 16.6. The Labute approximate surface area is 123 Å². The summed E-state index contributed by atoms with van der Waals surface area (Å²) in [6.07, 6.45) is 3.30. The van der Waals surface area contributed by atoms with Crippen molar-refractivity contribution in [3.05, 3.63) is 40.7 Å². The molecule has 1 aliphatic rings. The van der Waals surface area contributed by atoms with Crippen LogP contribution in [-0.2, 0) is 13.5 Å². The van der Waals surface area contributed by atoms with Crippen LogP contribution in [0, 0.1) is 0 Å². The topological polar surface area (TPSA) is 55.6 Å². The molecule has 1 unspecified atom stereocenters. The van der Waals surface area contributed by atoms with E-state index in [0.29, 0.717) is 6.04 Å². The average Bonchev–Trinajstić information content (AvgIpc) is 3.18. The molecular formula is C14H18ClN5. The fraction of sp³-hybridized carbons (Fsp3) is 0.500. The van der Waals surface area contributed by atoms with E-state index in [2.05, 4.69) is 26.8 Å². The molecule has 1 aliphatic carbocycles. The number of aryl methyl sites for hydroxylation is 1. The minimum atomic E-state index is 0.272. The molecular weight excluding hydrogens is 274 g/mol. The van der Waals surface area contributed by atoms with E-state index in [9.17, 15) is 0 Å². The summed E-state index contributed by atoms with van der Waals surface area (Å²) in [6, 6.07) is 8.67. The first-order valence-corrected chi connectivity index (χ1v) is 7.31. The lowest BCUT2D eigenvalue weighted by molar-refractivity contribution is 0.563. The van der Waals surface area contributed by atoms with Gasteiger partial charge in [-0.2, -0.15) is 4.80 Å². The Bertz CT molecular complexity index is 578. The fourth-order valence-corrected chi connectivity index (χ4v) is 2.61. The first kappa shape index (κ1) is 13.5. The molecule has 20 heavy (non-hydrogen) atoms. The normalized spacial score (nSPS) is 16.3. The van der Waals surface area contributed by atoms with Crippen molar-refractivity contribution in [2.24, 2.45) is 7.05 Å². The summed E-state index contributed by atoms with van der Waals surface area (Å²) in [5.74, 6) is 1.03. The molecule has 1 saturated carbocycles. The van der Waals surface area contributed by atoms with Gasteiger partial charge in [-0.3, -0.25) is 0 Å². The lowest BCUT2D eigenvalue weighted by atomic mass is 9.95. The zero-order valence-electron chi connectivity index (χ0n) is 11.5. The van der Waals surface area contributed by atoms with E-state index < -0.39 is 0 Å². The number of hydrogen-bond acceptors (Lipinski definition) is 4. The Morgan fingerprint density at radius 3 is 2.85 bits per heavy atom. The minimum absolute atomic E-state index is 0.272. The van der Waals surface area contributed by atoms with Gasteiger partial charge in [-0.1, -0.05) is 29.8 Å². The van der Waals surface area contributed by atoms with Crippen molar-refractivity contribution in [3.63, 3.8) is 0 Å². The lowest BCUT2D eigenvalue weighted by Crippen LogP contribution is -2.25. The fourth-order valence-electron chi connectivity index (χ4n) is 2.32. The van der Waals surface area contributed by atoms with Gasteiger partial charge < -0.3 is 5.32 Å². The molecule has 1 aromatic carbocycles. The largest absolute Gasteiger partial charge is 0.313 e. The van der Waals surface area contributed by atoms with Gasteiger partial charge in [-0.05, 0) is 29.7 Å². The molecule has 0 saturated heterocycles. The molecule has 0 aliphatic heterocycles. The van der Waals surface area contributed by atoms with Crippen LogP contribution in [-0.4, -0.2) is 32.8 Å². The lowest BCUT2D eigenvalue weighted by Gasteiger charge is -2.17. The summed E-state index contributed by atoms with van der Waals surface area (Å²) in [7, 11) is 1.78. The van der Waals surface area contributed by atoms with Gasteiger partial charge in [0.15, 0.2) is 5.82 Å². The van der Waals surface area contributed by atoms with Crippen molar-refractivity contribution in [2.75, 3.05) is 6.54 Å². The molecule has 106 valence electrons. The van der Waals surface area contributed by atoms with Gasteiger partial charge >= 0.3 is 0 Å². The highest BCUT2D eigenvalue weighted by Crippen LogP contribution is 2.27. The number of hydrogen-bond donors (Lipinski definition) is 1. The van der Waals surface area contributed by atoms with Gasteiger partial charge in [0.05, 0.1) is 7.05 Å². The molecule has 0 amide bonds. The van der Waals surface area contributed by atoms with Gasteiger partial charge in [0.2, 0.25) is 0 Å². The molecule has 1 aromatic heterocycles. The summed E-state index contributed by atoms with van der Waals surface area (Å²) >= 11 is 6.33. The first-order valence-electron chi connectivity index (χ1n) is 6.93. The Hall–Kier alpha value is -1.46. The van der Waals surface area contributed by atoms with Gasteiger partial charge in [0, 0.05) is 29.9 Å². The SMILES string of the molecule is Cn1nnc(CC(CNC2CC2)c2ccccc2Cl)n1. The third-order valence-corrected chi connectivity index (χ3v) is 3.90. The minimum Gasteiger partial charge on any atom is -0.313 e. The van der Waals surface area contributed by atoms with E-state index in [-0.39, 0.29) is 5.92 Å². The van der Waals surface area contributed by atoms with E-state index >= 15 is 0 Å². The van der Waals surface area contributed by atoms with Crippen molar-refractivity contribution in [1.82, 2.24) is 25.5 Å². The molecule has 6 heteroatoms. The van der Waals surface area contributed by atoms with Crippen molar-refractivity contribution >= 4 is 11.6 Å². The Morgan fingerprint density at radius 2 is 2.20 bits per heavy atom. The second-order valence-electron chi connectivity index (χ2n) is 5.30. The van der Waals surface area contributed by atoms with Crippen molar-refractivity contribution in [3.8, 4) is 0 Å². The Morgan fingerprint density at radius 1 is 1.40 bits per heavy atom. The number of nitrogens with zero attached hydrogens (tertiary/aromatic N) is 4. The highest BCUT2D eigenvalue weighted by atomic mass is 35.5. The maximum absolute atomic E-state index is 6.33. The van der Waals surface area contributed by atoms with Crippen LogP contribution in [0.1, 0.15) is 30.1 Å². The summed E-state index contributed by atoms with van der Waals surface area (Å²) < 4.78 is 0. The smallest absolute Gasteiger partial charge is 0.175 e. The quantitative estimate of drug-likeness (QED) is 0.884. The standard InChI is InChI=1S/C14H18ClN5/c1-20-18-14(17-19-20)8-10(9-16-11-6-7-11)12-4-2-3-5-13(12)15/h2-5,10-11,16H,6-9H2,1H3. The molecule has 1 heterocycles. The monoisotopic (exact) mass is 291 g/mol. The number of halogens is 1. The molecule has 1 atom stereocenters. The molecule has 0 radical (unpaired) electrons. The van der Waals surface area contributed by atoms with E-state index in [4.69, 9.17) is 11.6 Å². The van der Waals surface area contributed by atoms with Gasteiger partial charge in [0.1, 0.15) is 0 Å². The summed E-state index contributed by atoms with van der Waals surface area (Å²) in [5.41, 5.74) is 1.15. The van der Waals surface area contributed by atoms with E-state index in [0.717, 1.165) is 29.4 Å². The van der Waals surface area contributed by atoms with Crippen molar-refractivity contribution in [1.29, 1.82) is 0 Å². The van der Waals surface area contributed by atoms with Crippen LogP contribution in [0.2, 0.25) is 5.02 Å². The highest BCUT2D eigenvalue weighted by molar-refractivity contribution is 6.31. The van der Waals surface area contributed by atoms with E-state index in [1.807, 2.05) is 18.2 Å². The third kappa shape index (κ3) is 3.35. The van der Waals surface area contributed by atoms with Gasteiger partial charge in [-0.25, -0.2) is 0 Å². The number of benzene rings is 1. The van der Waals surface area contributed by atoms with Gasteiger partial charge in [-0.15, -0.1) is 10.2 Å². The number of aromatic nitrogens is 4. The number of nitrogens with one attached hydrogen (secondary N) is 1. The number of rotatable bonds is 6. The van der Waals surface area contributed by atoms with Crippen LogP contribution in [0.25, 0.3) is 0 Å². The molecule has 5 nitrogen and oxygen atoms in total. The Kier molecular flexibility index (Phi) is 3.98. The van der Waals surface area contributed by atoms with Crippen LogP contribution < -0.4 is 5.32 Å². The first-order chi connectivity index (χ1) is 9.72. The predicted molar refractivity (Wildman–Crippen MR) is 77.7 cm³/mol. The molecule has 0 spiro atoms. The average molecular weight is 292 g/mol. The Balaban J connectivity index is 1.77. The van der Waals surface area contributed by atoms with Crippen LogP contribution in [0.5, 0.6) is 0 Å². The van der Waals surface area contributed by atoms with E-state index in [1.165, 1.54) is 17.6 Å². The zero-order chi connectivity index (χ0) is 13.9. The maximum atomic E-state index is 6.33. The third-order valence-electron chi connectivity index (χ3n) is 3.55. The zero-order valence-corrected chi connectivity index (χ0v) is 12.2. The van der Waals surface area contributed by atoms with Crippen LogP contribution in [0.15, 0.2) is 24.3 Å². The molecule has 0 bridgehead atoms. The molecule has 3 rings (SSSR count). The highest BCUT2D eigenvalue weighted by Gasteiger charge is 2.24. The van der Waals surface area contributed by atoms with Gasteiger partial charge in [0.25, 0.3) is 0 Å². The van der Waals surface area contributed by atoms with Crippen LogP contribution in [0.4, 0.5) is 0 Å². The van der Waals surface area contributed by atoms with Crippen molar-refractivity contribution in [2.45, 2.75) is 31.2 Å².